The van der Waals surface area contributed by atoms with Crippen LogP contribution in [0.4, 0.5) is 0 Å². The van der Waals surface area contributed by atoms with E-state index >= 15 is 0 Å². The highest BCUT2D eigenvalue weighted by molar-refractivity contribution is 6.41. The maximum absolute atomic E-state index is 11.5. The lowest BCUT2D eigenvalue weighted by Gasteiger charge is -2.10. The van der Waals surface area contributed by atoms with E-state index in [2.05, 4.69) is 10.3 Å². The van der Waals surface area contributed by atoms with Crippen molar-refractivity contribution in [3.05, 3.63) is 28.0 Å². The van der Waals surface area contributed by atoms with Crippen LogP contribution in [-0.2, 0) is 0 Å². The second-order valence-electron chi connectivity index (χ2n) is 3.05. The number of hydrogen-bond acceptors (Lipinski definition) is 3. The van der Waals surface area contributed by atoms with Gasteiger partial charge in [-0.15, -0.1) is 0 Å². The second kappa shape index (κ2) is 5.30. The number of amides is 1. The minimum atomic E-state index is -0.345. The summed E-state index contributed by atoms with van der Waals surface area (Å²) in [6.45, 7) is 1.56. The Bertz CT molecular complexity index is 371. The largest absolute Gasteiger partial charge is 0.394 e. The van der Waals surface area contributed by atoms with Crippen molar-refractivity contribution < 1.29 is 9.90 Å². The molecule has 0 aliphatic heterocycles. The molecule has 0 aliphatic rings. The summed E-state index contributed by atoms with van der Waals surface area (Å²) in [4.78, 5) is 15.3. The third-order valence-electron chi connectivity index (χ3n) is 1.71. The molecule has 1 aromatic rings. The van der Waals surface area contributed by atoms with Gasteiger partial charge in [0.05, 0.1) is 17.2 Å². The van der Waals surface area contributed by atoms with E-state index in [9.17, 15) is 4.79 Å². The molecular weight excluding hydrogens is 239 g/mol. The van der Waals surface area contributed by atoms with Crippen LogP contribution in [0.2, 0.25) is 10.2 Å². The number of halogens is 2. The average Bonchev–Trinajstić information content (AvgIpc) is 2.21. The van der Waals surface area contributed by atoms with E-state index in [0.717, 1.165) is 0 Å². The predicted octanol–water partition coefficient (Wildman–Crippen LogP) is 1.50. The van der Waals surface area contributed by atoms with Crippen molar-refractivity contribution >= 4 is 29.1 Å². The summed E-state index contributed by atoms with van der Waals surface area (Å²) in [7, 11) is 0. The summed E-state index contributed by atoms with van der Waals surface area (Å²) in [6.07, 6.45) is 1.33. The summed E-state index contributed by atoms with van der Waals surface area (Å²) in [5.74, 6) is -0.345. The molecule has 82 valence electrons. The number of pyridine rings is 1. The van der Waals surface area contributed by atoms with Crippen LogP contribution >= 0.6 is 23.2 Å². The number of aliphatic hydroxyl groups is 1. The summed E-state index contributed by atoms with van der Waals surface area (Å²) in [5.41, 5.74) is 0.310. The number of aromatic nitrogens is 1. The zero-order valence-corrected chi connectivity index (χ0v) is 9.51. The average molecular weight is 249 g/mol. The molecule has 1 aromatic heterocycles. The summed E-state index contributed by atoms with van der Waals surface area (Å²) in [6, 6.07) is 1.11. The van der Waals surface area contributed by atoms with E-state index in [4.69, 9.17) is 28.3 Å². The Morgan fingerprint density at radius 3 is 2.87 bits per heavy atom. The maximum Gasteiger partial charge on any atom is 0.253 e. The summed E-state index contributed by atoms with van der Waals surface area (Å²) >= 11 is 11.3. The Balaban J connectivity index is 2.78. The maximum atomic E-state index is 11.5. The van der Waals surface area contributed by atoms with Gasteiger partial charge in [-0.05, 0) is 13.0 Å². The van der Waals surface area contributed by atoms with Crippen LogP contribution in [0.15, 0.2) is 12.3 Å². The van der Waals surface area contributed by atoms with E-state index < -0.39 is 0 Å². The lowest BCUT2D eigenvalue weighted by molar-refractivity contribution is 0.0922. The van der Waals surface area contributed by atoms with Crippen molar-refractivity contribution in [2.45, 2.75) is 13.0 Å². The number of carbonyl (C=O) groups excluding carboxylic acids is 1. The Hall–Kier alpha value is -0.840. The van der Waals surface area contributed by atoms with E-state index in [1.54, 1.807) is 6.92 Å². The van der Waals surface area contributed by atoms with Gasteiger partial charge in [-0.25, -0.2) is 4.98 Å². The van der Waals surface area contributed by atoms with Crippen LogP contribution in [0.1, 0.15) is 17.3 Å². The van der Waals surface area contributed by atoms with Crippen molar-refractivity contribution in [3.8, 4) is 0 Å². The SMILES string of the molecule is C[C@H](CO)NC(=O)c1cnc(Cl)c(Cl)c1. The number of nitrogens with one attached hydrogen (secondary N) is 1. The van der Waals surface area contributed by atoms with Crippen LogP contribution in [-0.4, -0.2) is 28.6 Å². The molecule has 1 amide bonds. The quantitative estimate of drug-likeness (QED) is 0.798. The molecule has 6 heteroatoms. The summed E-state index contributed by atoms with van der Waals surface area (Å²) < 4.78 is 0. The number of rotatable bonds is 3. The second-order valence-corrected chi connectivity index (χ2v) is 3.82. The normalized spacial score (nSPS) is 12.3. The first-order valence-electron chi connectivity index (χ1n) is 4.27. The predicted molar refractivity (Wildman–Crippen MR) is 58.3 cm³/mol. The first-order chi connectivity index (χ1) is 7.04. The molecule has 0 saturated heterocycles. The zero-order chi connectivity index (χ0) is 11.4. The zero-order valence-electron chi connectivity index (χ0n) is 8.00. The highest BCUT2D eigenvalue weighted by Gasteiger charge is 2.11. The molecule has 4 nitrogen and oxygen atoms in total. The van der Waals surface area contributed by atoms with Crippen molar-refractivity contribution in [3.63, 3.8) is 0 Å². The number of carbonyl (C=O) groups is 1. The highest BCUT2D eigenvalue weighted by Crippen LogP contribution is 2.19. The van der Waals surface area contributed by atoms with E-state index in [-0.39, 0.29) is 28.7 Å². The van der Waals surface area contributed by atoms with Gasteiger partial charge in [-0.3, -0.25) is 4.79 Å². The first kappa shape index (κ1) is 12.2. The molecule has 0 fully saturated rings. The Labute approximate surface area is 97.2 Å². The van der Waals surface area contributed by atoms with Gasteiger partial charge in [-0.2, -0.15) is 0 Å². The lowest BCUT2D eigenvalue weighted by atomic mass is 10.2. The van der Waals surface area contributed by atoms with Gasteiger partial charge in [0, 0.05) is 12.2 Å². The number of aliphatic hydroxyl groups excluding tert-OH is 1. The van der Waals surface area contributed by atoms with Gasteiger partial charge in [0.25, 0.3) is 5.91 Å². The topological polar surface area (TPSA) is 62.2 Å². The molecule has 0 aliphatic carbocycles. The Morgan fingerprint density at radius 1 is 1.67 bits per heavy atom. The molecule has 1 rings (SSSR count). The van der Waals surface area contributed by atoms with Crippen LogP contribution in [0.5, 0.6) is 0 Å². The van der Waals surface area contributed by atoms with E-state index in [1.807, 2.05) is 0 Å². The minimum Gasteiger partial charge on any atom is -0.394 e. The molecule has 0 unspecified atom stereocenters. The van der Waals surface area contributed by atoms with Crippen LogP contribution in [0.25, 0.3) is 0 Å². The molecular formula is C9H10Cl2N2O2. The number of nitrogens with zero attached hydrogens (tertiary/aromatic N) is 1. The van der Waals surface area contributed by atoms with Crippen molar-refractivity contribution in [2.24, 2.45) is 0 Å². The molecule has 0 aromatic carbocycles. The fraction of sp³-hybridized carbons (Fsp3) is 0.333. The van der Waals surface area contributed by atoms with E-state index in [1.165, 1.54) is 12.3 Å². The van der Waals surface area contributed by atoms with Gasteiger partial charge in [-0.1, -0.05) is 23.2 Å². The first-order valence-corrected chi connectivity index (χ1v) is 5.03. The lowest BCUT2D eigenvalue weighted by Crippen LogP contribution is -2.35. The molecule has 1 atom stereocenters. The third kappa shape index (κ3) is 3.34. The Kier molecular flexibility index (Phi) is 4.32. The van der Waals surface area contributed by atoms with Crippen LogP contribution < -0.4 is 5.32 Å². The van der Waals surface area contributed by atoms with Gasteiger partial charge >= 0.3 is 0 Å². The van der Waals surface area contributed by atoms with E-state index in [0.29, 0.717) is 5.56 Å². The summed E-state index contributed by atoms with van der Waals surface area (Å²) in [5, 5.41) is 11.7. The molecule has 2 N–H and O–H groups in total. The molecule has 15 heavy (non-hydrogen) atoms. The molecule has 0 spiro atoms. The monoisotopic (exact) mass is 248 g/mol. The smallest absolute Gasteiger partial charge is 0.253 e. The van der Waals surface area contributed by atoms with Crippen molar-refractivity contribution in [2.75, 3.05) is 6.61 Å². The van der Waals surface area contributed by atoms with Gasteiger partial charge in [0.2, 0.25) is 0 Å². The van der Waals surface area contributed by atoms with Crippen molar-refractivity contribution in [1.29, 1.82) is 0 Å². The Morgan fingerprint density at radius 2 is 2.33 bits per heavy atom. The molecule has 0 bridgehead atoms. The fourth-order valence-corrected chi connectivity index (χ4v) is 1.17. The number of hydrogen-bond donors (Lipinski definition) is 2. The fourth-order valence-electron chi connectivity index (χ4n) is 0.898. The minimum absolute atomic E-state index is 0.125. The van der Waals surface area contributed by atoms with Gasteiger partial charge in [0.1, 0.15) is 5.15 Å². The van der Waals surface area contributed by atoms with Crippen molar-refractivity contribution in [1.82, 2.24) is 10.3 Å². The molecule has 0 radical (unpaired) electrons. The van der Waals surface area contributed by atoms with Gasteiger partial charge in [0.15, 0.2) is 0 Å². The molecule has 0 saturated carbocycles. The standard InChI is InChI=1S/C9H10Cl2N2O2/c1-5(4-14)13-9(15)6-2-7(10)8(11)12-3-6/h2-3,5,14H,4H2,1H3,(H,13,15)/t5-/m1/s1. The molecule has 1 heterocycles. The van der Waals surface area contributed by atoms with Gasteiger partial charge < -0.3 is 10.4 Å². The van der Waals surface area contributed by atoms with Crippen LogP contribution in [0.3, 0.4) is 0 Å². The third-order valence-corrected chi connectivity index (χ3v) is 2.40. The highest BCUT2D eigenvalue weighted by atomic mass is 35.5. The van der Waals surface area contributed by atoms with Crippen LogP contribution in [0, 0.1) is 0 Å².